The van der Waals surface area contributed by atoms with E-state index in [-0.39, 0.29) is 27.7 Å². The number of fused-ring (bicyclic) bond motifs is 2. The largest absolute Gasteiger partial charge is 0.398 e. The van der Waals surface area contributed by atoms with Gasteiger partial charge in [-0.1, -0.05) is 0 Å². The second-order valence-electron chi connectivity index (χ2n) is 7.78. The maximum absolute atomic E-state index is 14.8. The number of hydrogen-bond acceptors (Lipinski definition) is 5. The number of hydrogen-bond donors (Lipinski definition) is 1. The summed E-state index contributed by atoms with van der Waals surface area (Å²) in [7, 11) is 0. The second kappa shape index (κ2) is 7.39. The predicted octanol–water partition coefficient (Wildman–Crippen LogP) is 4.68. The number of rotatable bonds is 3. The zero-order chi connectivity index (χ0) is 21.7. The minimum atomic E-state index is -1.12. The molecular formula is C23H20F2N4O2. The van der Waals surface area contributed by atoms with Crippen molar-refractivity contribution in [1.82, 2.24) is 14.8 Å². The summed E-state index contributed by atoms with van der Waals surface area (Å²) in [6, 6.07) is 6.06. The fourth-order valence-corrected chi connectivity index (χ4v) is 4.26. The van der Waals surface area contributed by atoms with E-state index in [9.17, 15) is 13.6 Å². The summed E-state index contributed by atoms with van der Waals surface area (Å²) >= 11 is 0. The monoisotopic (exact) mass is 422 g/mol. The number of carbonyl (C=O) groups is 1. The smallest absolute Gasteiger partial charge is 0.195 e. The van der Waals surface area contributed by atoms with Crippen molar-refractivity contribution in [2.45, 2.75) is 32.4 Å². The molecule has 3 heterocycles. The molecule has 1 atom stereocenters. The number of benzene rings is 2. The Balaban J connectivity index is 1.70. The van der Waals surface area contributed by atoms with Gasteiger partial charge >= 0.3 is 0 Å². The first-order chi connectivity index (χ1) is 15.0. The molecule has 5 rings (SSSR count). The summed E-state index contributed by atoms with van der Waals surface area (Å²) in [4.78, 5) is 17.8. The van der Waals surface area contributed by atoms with E-state index < -0.39 is 23.6 Å². The zero-order valence-corrected chi connectivity index (χ0v) is 16.9. The summed E-state index contributed by atoms with van der Waals surface area (Å²) in [5, 5.41) is 5.10. The first-order valence-corrected chi connectivity index (χ1v) is 10.1. The number of pyridine rings is 1. The molecule has 0 saturated carbocycles. The lowest BCUT2D eigenvalue weighted by molar-refractivity contribution is -0.0369. The van der Waals surface area contributed by atoms with Gasteiger partial charge in [0.1, 0.15) is 5.52 Å². The van der Waals surface area contributed by atoms with Crippen molar-refractivity contribution in [1.29, 1.82) is 0 Å². The van der Waals surface area contributed by atoms with Crippen LogP contribution in [-0.2, 0) is 4.74 Å². The van der Waals surface area contributed by atoms with E-state index in [4.69, 9.17) is 10.5 Å². The van der Waals surface area contributed by atoms with Crippen LogP contribution in [0.15, 0.2) is 36.7 Å². The minimum absolute atomic E-state index is 0.00491. The van der Waals surface area contributed by atoms with Crippen LogP contribution in [0, 0.1) is 18.6 Å². The third-order valence-electron chi connectivity index (χ3n) is 5.81. The SMILES string of the molecule is Cc1cc(C(=O)c2cc(F)c(F)c3c2cnn3C2CCCCO2)c(N)c2cccnc12. The van der Waals surface area contributed by atoms with Gasteiger partial charge in [0, 0.05) is 34.7 Å². The number of nitrogens with two attached hydrogens (primary N) is 1. The lowest BCUT2D eigenvalue weighted by atomic mass is 9.95. The van der Waals surface area contributed by atoms with Crippen LogP contribution in [-0.4, -0.2) is 27.2 Å². The molecule has 1 aliphatic heterocycles. The quantitative estimate of drug-likeness (QED) is 0.383. The van der Waals surface area contributed by atoms with Gasteiger partial charge in [0.2, 0.25) is 0 Å². The van der Waals surface area contributed by atoms with Gasteiger partial charge in [0.25, 0.3) is 0 Å². The van der Waals surface area contributed by atoms with Crippen molar-refractivity contribution in [2.24, 2.45) is 0 Å². The van der Waals surface area contributed by atoms with Crippen LogP contribution >= 0.6 is 0 Å². The van der Waals surface area contributed by atoms with Gasteiger partial charge < -0.3 is 10.5 Å². The summed E-state index contributed by atoms with van der Waals surface area (Å²) in [5.74, 6) is -2.67. The standard InChI is InChI=1S/C23H20F2N4O2/c1-12-9-15(20(26)13-5-4-7-27-21(12)13)23(30)14-10-17(24)19(25)22-16(14)11-28-29(22)18-6-2-3-8-31-18/h4-5,7,9-11,18H,2-3,6,8,26H2,1H3. The predicted molar refractivity (Wildman–Crippen MR) is 113 cm³/mol. The molecule has 2 N–H and O–H groups in total. The van der Waals surface area contributed by atoms with Crippen LogP contribution in [0.5, 0.6) is 0 Å². The van der Waals surface area contributed by atoms with Crippen molar-refractivity contribution < 1.29 is 18.3 Å². The summed E-state index contributed by atoms with van der Waals surface area (Å²) < 4.78 is 36.4. The van der Waals surface area contributed by atoms with E-state index in [0.29, 0.717) is 23.9 Å². The molecule has 0 aliphatic carbocycles. The number of ketones is 1. The molecule has 0 radical (unpaired) electrons. The molecule has 2 aromatic heterocycles. The van der Waals surface area contributed by atoms with E-state index in [2.05, 4.69) is 10.1 Å². The lowest BCUT2D eigenvalue weighted by Gasteiger charge is -2.23. The molecule has 4 aromatic rings. The van der Waals surface area contributed by atoms with Gasteiger partial charge in [-0.3, -0.25) is 9.78 Å². The molecule has 1 aliphatic rings. The highest BCUT2D eigenvalue weighted by Gasteiger charge is 2.27. The zero-order valence-electron chi connectivity index (χ0n) is 16.9. The van der Waals surface area contributed by atoms with Gasteiger partial charge in [-0.25, -0.2) is 13.5 Å². The van der Waals surface area contributed by atoms with Crippen LogP contribution < -0.4 is 5.73 Å². The van der Waals surface area contributed by atoms with Gasteiger partial charge in [0.05, 0.1) is 17.4 Å². The van der Waals surface area contributed by atoms with E-state index >= 15 is 0 Å². The molecule has 0 bridgehead atoms. The summed E-state index contributed by atoms with van der Waals surface area (Å²) in [5.41, 5.74) is 8.14. The Bertz CT molecular complexity index is 1340. The highest BCUT2D eigenvalue weighted by molar-refractivity contribution is 6.20. The Kier molecular flexibility index (Phi) is 4.66. The van der Waals surface area contributed by atoms with E-state index in [1.807, 2.05) is 6.92 Å². The van der Waals surface area contributed by atoms with E-state index in [1.54, 1.807) is 24.4 Å². The number of nitrogens with zero attached hydrogens (tertiary/aromatic N) is 3. The van der Waals surface area contributed by atoms with E-state index in [0.717, 1.165) is 24.5 Å². The molecule has 31 heavy (non-hydrogen) atoms. The molecule has 8 heteroatoms. The first-order valence-electron chi connectivity index (χ1n) is 10.1. The van der Waals surface area contributed by atoms with Crippen LogP contribution in [0.1, 0.15) is 47.0 Å². The van der Waals surface area contributed by atoms with Gasteiger partial charge in [-0.2, -0.15) is 5.10 Å². The third-order valence-corrected chi connectivity index (χ3v) is 5.81. The fraction of sp³-hybridized carbons (Fsp3) is 0.261. The number of anilines is 1. The number of halogens is 2. The van der Waals surface area contributed by atoms with Gasteiger partial charge in [0.15, 0.2) is 23.6 Å². The topological polar surface area (TPSA) is 83.0 Å². The molecule has 1 fully saturated rings. The van der Waals surface area contributed by atoms with Gasteiger partial charge in [-0.15, -0.1) is 0 Å². The normalized spacial score (nSPS) is 16.8. The molecule has 0 spiro atoms. The minimum Gasteiger partial charge on any atom is -0.398 e. The molecule has 1 saturated heterocycles. The highest BCUT2D eigenvalue weighted by atomic mass is 19.2. The average molecular weight is 422 g/mol. The van der Waals surface area contributed by atoms with Crippen molar-refractivity contribution in [3.63, 3.8) is 0 Å². The maximum Gasteiger partial charge on any atom is 0.195 e. The Morgan fingerprint density at radius 2 is 2.06 bits per heavy atom. The number of nitrogen functional groups attached to an aromatic ring is 1. The second-order valence-corrected chi connectivity index (χ2v) is 7.78. The maximum atomic E-state index is 14.8. The molecule has 6 nitrogen and oxygen atoms in total. The number of aromatic nitrogens is 3. The van der Waals surface area contributed by atoms with Crippen molar-refractivity contribution in [3.05, 3.63) is 65.0 Å². The molecular weight excluding hydrogens is 402 g/mol. The summed E-state index contributed by atoms with van der Waals surface area (Å²) in [6.07, 6.45) is 4.98. The lowest BCUT2D eigenvalue weighted by Crippen LogP contribution is -2.19. The summed E-state index contributed by atoms with van der Waals surface area (Å²) in [6.45, 7) is 2.35. The Morgan fingerprint density at radius 3 is 2.84 bits per heavy atom. The fourth-order valence-electron chi connectivity index (χ4n) is 4.26. The van der Waals surface area contributed by atoms with E-state index in [1.165, 1.54) is 10.9 Å². The highest BCUT2D eigenvalue weighted by Crippen LogP contribution is 2.34. The van der Waals surface area contributed by atoms with Crippen LogP contribution in [0.4, 0.5) is 14.5 Å². The molecule has 0 amide bonds. The van der Waals surface area contributed by atoms with Crippen LogP contribution in [0.25, 0.3) is 21.8 Å². The van der Waals surface area contributed by atoms with Crippen molar-refractivity contribution in [3.8, 4) is 0 Å². The molecule has 2 aromatic carbocycles. The number of aryl methyl sites for hydroxylation is 1. The molecule has 1 unspecified atom stereocenters. The first kappa shape index (κ1) is 19.6. The third kappa shape index (κ3) is 3.06. The van der Waals surface area contributed by atoms with Gasteiger partial charge in [-0.05, 0) is 56.0 Å². The average Bonchev–Trinajstić information content (AvgIpc) is 3.24. The Morgan fingerprint density at radius 1 is 1.23 bits per heavy atom. The number of ether oxygens (including phenoxy) is 1. The van der Waals surface area contributed by atoms with Crippen LogP contribution in [0.3, 0.4) is 0 Å². The van der Waals surface area contributed by atoms with Crippen molar-refractivity contribution in [2.75, 3.05) is 12.3 Å². The number of carbonyl (C=O) groups excluding carboxylic acids is 1. The van der Waals surface area contributed by atoms with Crippen molar-refractivity contribution >= 4 is 33.3 Å². The Labute approximate surface area is 176 Å². The Hall–Kier alpha value is -3.39. The molecule has 158 valence electrons. The van der Waals surface area contributed by atoms with Crippen LogP contribution in [0.2, 0.25) is 0 Å².